The molecule has 0 radical (unpaired) electrons. The molecule has 1 aromatic carbocycles. The Bertz CT molecular complexity index is 520. The first-order chi connectivity index (χ1) is 8.74. The van der Waals surface area contributed by atoms with Crippen molar-refractivity contribution in [3.8, 4) is 0 Å². The summed E-state index contributed by atoms with van der Waals surface area (Å²) in [6, 6.07) is 7.40. The molecule has 0 N–H and O–H groups in total. The zero-order valence-electron chi connectivity index (χ0n) is 10.1. The van der Waals surface area contributed by atoms with Crippen LogP contribution in [0, 0.1) is 0 Å². The molecule has 2 rings (SSSR count). The molecular weight excluding hydrogens is 250 g/mol. The molecule has 0 heterocycles. The van der Waals surface area contributed by atoms with E-state index in [1.54, 1.807) is 19.3 Å². The lowest BCUT2D eigenvalue weighted by Gasteiger charge is -2.33. The van der Waals surface area contributed by atoms with Gasteiger partial charge in [0.05, 0.1) is 7.11 Å². The van der Waals surface area contributed by atoms with Gasteiger partial charge in [-0.2, -0.15) is 4.99 Å². The molecule has 0 unspecified atom stereocenters. The first-order valence-corrected chi connectivity index (χ1v) is 6.21. The van der Waals surface area contributed by atoms with Gasteiger partial charge in [-0.05, 0) is 31.4 Å². The van der Waals surface area contributed by atoms with Crippen LogP contribution < -0.4 is 0 Å². The summed E-state index contributed by atoms with van der Waals surface area (Å²) in [7, 11) is 1.59. The van der Waals surface area contributed by atoms with Gasteiger partial charge < -0.3 is 4.74 Å². The molecule has 1 aliphatic rings. The van der Waals surface area contributed by atoms with E-state index in [0.717, 1.165) is 18.4 Å². The van der Waals surface area contributed by atoms with Crippen LogP contribution in [0.1, 0.15) is 24.8 Å². The van der Waals surface area contributed by atoms with Gasteiger partial charge in [0.25, 0.3) is 0 Å². The van der Waals surface area contributed by atoms with Gasteiger partial charge in [0.15, 0.2) is 5.54 Å². The van der Waals surface area contributed by atoms with E-state index in [0.29, 0.717) is 17.2 Å². The average molecular weight is 264 g/mol. The van der Waals surface area contributed by atoms with E-state index in [1.807, 2.05) is 24.3 Å². The van der Waals surface area contributed by atoms with Crippen molar-refractivity contribution >= 4 is 17.7 Å². The van der Waals surface area contributed by atoms with Crippen LogP contribution in [0.3, 0.4) is 0 Å². The van der Waals surface area contributed by atoms with Gasteiger partial charge in [0.2, 0.25) is 6.08 Å². The van der Waals surface area contributed by atoms with Crippen molar-refractivity contribution in [1.82, 2.24) is 0 Å². The lowest BCUT2D eigenvalue weighted by molar-refractivity contribution is 0.202. The molecule has 94 valence electrons. The molecule has 0 fully saturated rings. The number of isocyanates is 1. The molecule has 0 aromatic heterocycles. The van der Waals surface area contributed by atoms with Gasteiger partial charge in [-0.1, -0.05) is 29.8 Å². The Morgan fingerprint density at radius 1 is 1.44 bits per heavy atom. The van der Waals surface area contributed by atoms with Crippen molar-refractivity contribution in [2.24, 2.45) is 4.99 Å². The van der Waals surface area contributed by atoms with Crippen LogP contribution in [0.2, 0.25) is 5.02 Å². The van der Waals surface area contributed by atoms with Crippen molar-refractivity contribution in [1.29, 1.82) is 0 Å². The average Bonchev–Trinajstić information content (AvgIpc) is 2.40. The predicted molar refractivity (Wildman–Crippen MR) is 70.2 cm³/mol. The normalized spacial score (nSPS) is 22.9. The largest absolute Gasteiger partial charge is 0.498 e. The lowest BCUT2D eigenvalue weighted by atomic mass is 9.80. The Labute approximate surface area is 111 Å². The minimum atomic E-state index is -0.812. The first kappa shape index (κ1) is 12.9. The van der Waals surface area contributed by atoms with Crippen molar-refractivity contribution in [3.63, 3.8) is 0 Å². The van der Waals surface area contributed by atoms with E-state index in [9.17, 15) is 4.79 Å². The van der Waals surface area contributed by atoms with Gasteiger partial charge in [0.1, 0.15) is 5.76 Å². The SMILES string of the molecule is COC1=CCCC[C@]1(N=C=O)c1ccccc1Cl. The van der Waals surface area contributed by atoms with Crippen molar-refractivity contribution in [2.45, 2.75) is 24.8 Å². The number of aliphatic imine (C=N–C) groups is 1. The Morgan fingerprint density at radius 3 is 2.89 bits per heavy atom. The number of carbonyl (C=O) groups excluding carboxylic acids is 1. The molecule has 0 spiro atoms. The van der Waals surface area contributed by atoms with Crippen LogP contribution in [-0.2, 0) is 15.1 Å². The Hall–Kier alpha value is -1.57. The van der Waals surface area contributed by atoms with Gasteiger partial charge >= 0.3 is 0 Å². The molecule has 1 aliphatic carbocycles. The maximum Gasteiger partial charge on any atom is 0.236 e. The third-order valence-electron chi connectivity index (χ3n) is 3.26. The van der Waals surface area contributed by atoms with Gasteiger partial charge in [-0.3, -0.25) is 0 Å². The topological polar surface area (TPSA) is 38.7 Å². The minimum absolute atomic E-state index is 0.585. The number of benzene rings is 1. The van der Waals surface area contributed by atoms with Crippen LogP contribution in [0.25, 0.3) is 0 Å². The van der Waals surface area contributed by atoms with E-state index in [1.165, 1.54) is 0 Å². The Balaban J connectivity index is 2.64. The number of hydrogen-bond donors (Lipinski definition) is 0. The van der Waals surface area contributed by atoms with E-state index >= 15 is 0 Å². The molecular formula is C14H14ClNO2. The number of ether oxygens (including phenoxy) is 1. The van der Waals surface area contributed by atoms with E-state index < -0.39 is 5.54 Å². The summed E-state index contributed by atoms with van der Waals surface area (Å²) in [6.45, 7) is 0. The second-order valence-electron chi connectivity index (χ2n) is 4.21. The van der Waals surface area contributed by atoms with Crippen LogP contribution >= 0.6 is 11.6 Å². The van der Waals surface area contributed by atoms with E-state index in [2.05, 4.69) is 4.99 Å². The fourth-order valence-corrected chi connectivity index (χ4v) is 2.74. The highest BCUT2D eigenvalue weighted by Gasteiger charge is 2.40. The Morgan fingerprint density at radius 2 is 2.22 bits per heavy atom. The monoisotopic (exact) mass is 263 g/mol. The van der Waals surface area contributed by atoms with Crippen molar-refractivity contribution in [2.75, 3.05) is 7.11 Å². The van der Waals surface area contributed by atoms with Crippen molar-refractivity contribution < 1.29 is 9.53 Å². The van der Waals surface area contributed by atoms with Crippen molar-refractivity contribution in [3.05, 3.63) is 46.7 Å². The lowest BCUT2D eigenvalue weighted by Crippen LogP contribution is -2.30. The predicted octanol–water partition coefficient (Wildman–Crippen LogP) is 3.59. The summed E-state index contributed by atoms with van der Waals surface area (Å²) in [5.41, 5.74) is -0.0181. The summed E-state index contributed by atoms with van der Waals surface area (Å²) in [5.74, 6) is 0.671. The van der Waals surface area contributed by atoms with E-state index in [-0.39, 0.29) is 0 Å². The van der Waals surface area contributed by atoms with Crippen LogP contribution in [0.5, 0.6) is 0 Å². The summed E-state index contributed by atoms with van der Waals surface area (Å²) in [6.07, 6.45) is 6.18. The fraction of sp³-hybridized carbons (Fsp3) is 0.357. The summed E-state index contributed by atoms with van der Waals surface area (Å²) in [5, 5.41) is 0.585. The quantitative estimate of drug-likeness (QED) is 0.617. The minimum Gasteiger partial charge on any atom is -0.498 e. The molecule has 0 saturated heterocycles. The fourth-order valence-electron chi connectivity index (χ4n) is 2.45. The highest BCUT2D eigenvalue weighted by Crippen LogP contribution is 2.44. The molecule has 0 bridgehead atoms. The maximum atomic E-state index is 10.8. The molecule has 4 heteroatoms. The second kappa shape index (κ2) is 5.38. The summed E-state index contributed by atoms with van der Waals surface area (Å²) >= 11 is 6.23. The zero-order valence-corrected chi connectivity index (χ0v) is 10.9. The van der Waals surface area contributed by atoms with Crippen LogP contribution in [0.15, 0.2) is 41.1 Å². The standard InChI is InChI=1S/C14H14ClNO2/c1-18-13-8-4-5-9-14(13,16-10-17)11-6-2-3-7-12(11)15/h2-3,6-8H,4-5,9H2,1H3/t14-/m0/s1. The summed E-state index contributed by atoms with van der Waals surface area (Å²) in [4.78, 5) is 14.8. The van der Waals surface area contributed by atoms with Gasteiger partial charge in [-0.15, -0.1) is 0 Å². The number of allylic oxidation sites excluding steroid dienone is 1. The highest BCUT2D eigenvalue weighted by atomic mass is 35.5. The van der Waals surface area contributed by atoms with Crippen LogP contribution in [-0.4, -0.2) is 13.2 Å². The van der Waals surface area contributed by atoms with Gasteiger partial charge in [0, 0.05) is 10.6 Å². The second-order valence-corrected chi connectivity index (χ2v) is 4.62. The molecule has 1 aromatic rings. The van der Waals surface area contributed by atoms with Gasteiger partial charge in [-0.25, -0.2) is 4.79 Å². The number of nitrogens with zero attached hydrogens (tertiary/aromatic N) is 1. The van der Waals surface area contributed by atoms with E-state index in [4.69, 9.17) is 16.3 Å². The number of rotatable bonds is 3. The molecule has 1 atom stereocenters. The number of halogens is 1. The third-order valence-corrected chi connectivity index (χ3v) is 3.59. The van der Waals surface area contributed by atoms with Crippen LogP contribution in [0.4, 0.5) is 0 Å². The summed E-state index contributed by atoms with van der Waals surface area (Å²) < 4.78 is 5.40. The zero-order chi connectivity index (χ0) is 13.0. The molecule has 0 amide bonds. The highest BCUT2D eigenvalue weighted by molar-refractivity contribution is 6.31. The molecule has 0 saturated carbocycles. The Kier molecular flexibility index (Phi) is 3.85. The first-order valence-electron chi connectivity index (χ1n) is 5.83. The number of methoxy groups -OCH3 is 1. The smallest absolute Gasteiger partial charge is 0.236 e. The molecule has 0 aliphatic heterocycles. The molecule has 3 nitrogen and oxygen atoms in total. The maximum absolute atomic E-state index is 10.8. The third kappa shape index (κ3) is 2.07. The molecule has 18 heavy (non-hydrogen) atoms. The number of hydrogen-bond acceptors (Lipinski definition) is 3.